The molecule has 0 unspecified atom stereocenters. The minimum absolute atomic E-state index is 0.636. The van der Waals surface area contributed by atoms with Crippen LogP contribution in [-0.2, 0) is 0 Å². The van der Waals surface area contributed by atoms with Crippen molar-refractivity contribution in [2.24, 2.45) is 0 Å². The SMILES string of the molecule is c1ccc(-c2cc(-c3ccc(-n4c5ccccc5c5ccccc54)cc3)nc(-c3cccc(-c4nc5c6ccccc6ccc5c5c4oc4ccccc45)c3)n2)cc1. The third-order valence-corrected chi connectivity index (χ3v) is 11.4. The average Bonchev–Trinajstić information content (AvgIpc) is 3.86. The minimum Gasteiger partial charge on any atom is -0.454 e. The maximum absolute atomic E-state index is 6.65. The van der Waals surface area contributed by atoms with Gasteiger partial charge in [0.1, 0.15) is 11.3 Å². The van der Waals surface area contributed by atoms with E-state index in [-0.39, 0.29) is 0 Å². The third-order valence-electron chi connectivity index (χ3n) is 11.4. The van der Waals surface area contributed by atoms with Gasteiger partial charge < -0.3 is 8.98 Å². The molecule has 0 saturated carbocycles. The van der Waals surface area contributed by atoms with Crippen LogP contribution >= 0.6 is 0 Å². The van der Waals surface area contributed by atoms with Crippen LogP contribution in [0.1, 0.15) is 0 Å². The molecule has 0 spiro atoms. The summed E-state index contributed by atoms with van der Waals surface area (Å²) >= 11 is 0. The molecule has 0 atom stereocenters. The van der Waals surface area contributed by atoms with E-state index in [0.29, 0.717) is 5.82 Å². The normalized spacial score (nSPS) is 11.8. The van der Waals surface area contributed by atoms with Gasteiger partial charge in [-0.2, -0.15) is 0 Å². The largest absolute Gasteiger partial charge is 0.454 e. The van der Waals surface area contributed by atoms with Gasteiger partial charge in [0, 0.05) is 60.3 Å². The first-order chi connectivity index (χ1) is 28.7. The number of hydrogen-bond acceptors (Lipinski definition) is 4. The highest BCUT2D eigenvalue weighted by atomic mass is 16.3. The van der Waals surface area contributed by atoms with Gasteiger partial charge in [-0.25, -0.2) is 15.0 Å². The summed E-state index contributed by atoms with van der Waals surface area (Å²) in [6, 6.07) is 67.7. The maximum Gasteiger partial charge on any atom is 0.162 e. The highest BCUT2D eigenvalue weighted by molar-refractivity contribution is 6.24. The molecule has 4 aromatic heterocycles. The first kappa shape index (κ1) is 32.4. The Balaban J connectivity index is 1.02. The molecular weight excluding hydrogens is 709 g/mol. The van der Waals surface area contributed by atoms with Crippen LogP contribution in [-0.4, -0.2) is 19.5 Å². The summed E-state index contributed by atoms with van der Waals surface area (Å²) in [6.45, 7) is 0. The van der Waals surface area contributed by atoms with Gasteiger partial charge in [-0.1, -0.05) is 152 Å². The Bertz CT molecular complexity index is 3510. The van der Waals surface area contributed by atoms with Crippen LogP contribution in [0.15, 0.2) is 199 Å². The van der Waals surface area contributed by atoms with Crippen LogP contribution in [0.2, 0.25) is 0 Å². The quantitative estimate of drug-likeness (QED) is 0.165. The van der Waals surface area contributed by atoms with E-state index in [4.69, 9.17) is 19.4 Å². The number of nitrogens with zero attached hydrogens (tertiary/aromatic N) is 4. The van der Waals surface area contributed by atoms with Gasteiger partial charge in [-0.05, 0) is 47.9 Å². The molecule has 5 heteroatoms. The summed E-state index contributed by atoms with van der Waals surface area (Å²) in [6.07, 6.45) is 0. The van der Waals surface area contributed by atoms with Gasteiger partial charge in [0.15, 0.2) is 11.4 Å². The molecule has 0 N–H and O–H groups in total. The number of para-hydroxylation sites is 3. The second-order valence-corrected chi connectivity index (χ2v) is 14.8. The lowest BCUT2D eigenvalue weighted by molar-refractivity contribution is 0.669. The summed E-state index contributed by atoms with van der Waals surface area (Å²) in [4.78, 5) is 15.8. The van der Waals surface area contributed by atoms with E-state index in [1.165, 1.54) is 21.8 Å². The molecule has 0 radical (unpaired) electrons. The lowest BCUT2D eigenvalue weighted by atomic mass is 9.99. The molecule has 0 fully saturated rings. The molecule has 8 aromatic carbocycles. The molecule has 0 aliphatic rings. The molecule has 0 saturated heterocycles. The van der Waals surface area contributed by atoms with Crippen molar-refractivity contribution in [1.29, 1.82) is 0 Å². The fourth-order valence-electron chi connectivity index (χ4n) is 8.68. The van der Waals surface area contributed by atoms with E-state index in [1.807, 2.05) is 30.3 Å². The minimum atomic E-state index is 0.636. The summed E-state index contributed by atoms with van der Waals surface area (Å²) in [7, 11) is 0. The molecule has 0 aliphatic carbocycles. The van der Waals surface area contributed by atoms with Crippen LogP contribution in [0.3, 0.4) is 0 Å². The topological polar surface area (TPSA) is 56.7 Å². The van der Waals surface area contributed by atoms with Crippen molar-refractivity contribution in [1.82, 2.24) is 19.5 Å². The lowest BCUT2D eigenvalue weighted by Gasteiger charge is -2.12. The predicted octanol–water partition coefficient (Wildman–Crippen LogP) is 13.8. The zero-order valence-electron chi connectivity index (χ0n) is 31.2. The predicted molar refractivity (Wildman–Crippen MR) is 238 cm³/mol. The van der Waals surface area contributed by atoms with Crippen LogP contribution in [0.5, 0.6) is 0 Å². The zero-order chi connectivity index (χ0) is 38.2. The average molecular weight is 741 g/mol. The maximum atomic E-state index is 6.65. The number of rotatable bonds is 5. The standard InChI is InChI=1S/C53H32N4O/c1-2-14-34(15-3-1)44-32-45(35-25-28-38(29-26-35)57-46-22-9-6-19-40(46)41-20-7-10-23-47(41)57)55-53(54-44)37-17-12-16-36(31-37)50-52-49(42-21-8-11-24-48(42)58-52)43-30-27-33-13-4-5-18-39(33)51(43)56-50/h1-32H. The molecule has 0 bridgehead atoms. The number of pyridine rings is 1. The molecule has 5 nitrogen and oxygen atoms in total. The van der Waals surface area contributed by atoms with Crippen molar-refractivity contribution in [3.63, 3.8) is 0 Å². The molecule has 0 amide bonds. The van der Waals surface area contributed by atoms with E-state index in [9.17, 15) is 0 Å². The number of furan rings is 1. The van der Waals surface area contributed by atoms with Crippen molar-refractivity contribution >= 4 is 65.4 Å². The molecule has 4 heterocycles. The molecule has 270 valence electrons. The highest BCUT2D eigenvalue weighted by Gasteiger charge is 2.20. The van der Waals surface area contributed by atoms with Crippen molar-refractivity contribution in [2.75, 3.05) is 0 Å². The monoisotopic (exact) mass is 740 g/mol. The summed E-state index contributed by atoms with van der Waals surface area (Å²) in [5.41, 5.74) is 12.4. The Morgan fingerprint density at radius 1 is 0.397 bits per heavy atom. The first-order valence-corrected chi connectivity index (χ1v) is 19.5. The first-order valence-electron chi connectivity index (χ1n) is 19.5. The third kappa shape index (κ3) is 5.07. The van der Waals surface area contributed by atoms with Gasteiger partial charge in [-0.15, -0.1) is 0 Å². The van der Waals surface area contributed by atoms with Gasteiger partial charge in [0.2, 0.25) is 0 Å². The number of hydrogen-bond donors (Lipinski definition) is 0. The zero-order valence-corrected chi connectivity index (χ0v) is 31.2. The van der Waals surface area contributed by atoms with Gasteiger partial charge in [-0.3, -0.25) is 0 Å². The van der Waals surface area contributed by atoms with Crippen LogP contribution in [0.4, 0.5) is 0 Å². The van der Waals surface area contributed by atoms with Gasteiger partial charge in [0.05, 0.1) is 27.9 Å². The Labute approximate surface area is 333 Å². The molecular formula is C53H32N4O. The Morgan fingerprint density at radius 2 is 1.00 bits per heavy atom. The van der Waals surface area contributed by atoms with Crippen molar-refractivity contribution < 1.29 is 4.42 Å². The molecule has 58 heavy (non-hydrogen) atoms. The Morgan fingerprint density at radius 3 is 1.76 bits per heavy atom. The van der Waals surface area contributed by atoms with E-state index in [0.717, 1.165) is 88.6 Å². The number of fused-ring (bicyclic) bond motifs is 10. The van der Waals surface area contributed by atoms with E-state index < -0.39 is 0 Å². The smallest absolute Gasteiger partial charge is 0.162 e. The Kier molecular flexibility index (Phi) is 7.16. The van der Waals surface area contributed by atoms with Crippen molar-refractivity contribution in [3.05, 3.63) is 194 Å². The second kappa shape index (κ2) is 12.8. The van der Waals surface area contributed by atoms with Crippen LogP contribution in [0, 0.1) is 0 Å². The van der Waals surface area contributed by atoms with Crippen LogP contribution < -0.4 is 0 Å². The Hall–Kier alpha value is -7.89. The number of aromatic nitrogens is 4. The second-order valence-electron chi connectivity index (χ2n) is 14.8. The summed E-state index contributed by atoms with van der Waals surface area (Å²) < 4.78 is 8.98. The van der Waals surface area contributed by atoms with Crippen LogP contribution in [0.25, 0.3) is 116 Å². The van der Waals surface area contributed by atoms with E-state index in [1.54, 1.807) is 0 Å². The molecule has 12 rings (SSSR count). The van der Waals surface area contributed by atoms with E-state index in [2.05, 4.69) is 168 Å². The summed E-state index contributed by atoms with van der Waals surface area (Å²) in [5, 5.41) is 7.96. The van der Waals surface area contributed by atoms with Gasteiger partial charge >= 0.3 is 0 Å². The van der Waals surface area contributed by atoms with E-state index >= 15 is 0 Å². The van der Waals surface area contributed by atoms with Crippen molar-refractivity contribution in [2.45, 2.75) is 0 Å². The molecule has 12 aromatic rings. The number of benzene rings is 8. The summed E-state index contributed by atoms with van der Waals surface area (Å²) in [5.74, 6) is 0.636. The molecule has 0 aliphatic heterocycles. The fourth-order valence-corrected chi connectivity index (χ4v) is 8.68. The van der Waals surface area contributed by atoms with Crippen molar-refractivity contribution in [3.8, 4) is 50.8 Å². The van der Waals surface area contributed by atoms with Gasteiger partial charge in [0.25, 0.3) is 0 Å². The highest BCUT2D eigenvalue weighted by Crippen LogP contribution is 2.42. The lowest BCUT2D eigenvalue weighted by Crippen LogP contribution is -1.97. The fraction of sp³-hybridized carbons (Fsp3) is 0.